The van der Waals surface area contributed by atoms with E-state index in [4.69, 9.17) is 14.2 Å². The SMILES string of the molecule is CCOc1ccc(OCC)c(N=Cc2cccc(OCC)c2O)c1. The van der Waals surface area contributed by atoms with Crippen LogP contribution in [0.2, 0.25) is 0 Å². The molecule has 0 saturated heterocycles. The zero-order valence-corrected chi connectivity index (χ0v) is 14.3. The van der Waals surface area contributed by atoms with Crippen LogP contribution in [-0.2, 0) is 0 Å². The van der Waals surface area contributed by atoms with Crippen LogP contribution in [0.5, 0.6) is 23.0 Å². The molecule has 0 heterocycles. The third-order valence-electron chi connectivity index (χ3n) is 3.21. The van der Waals surface area contributed by atoms with Crippen molar-refractivity contribution in [2.75, 3.05) is 19.8 Å². The third kappa shape index (κ3) is 4.41. The first-order valence-electron chi connectivity index (χ1n) is 8.08. The van der Waals surface area contributed by atoms with Gasteiger partial charge in [-0.15, -0.1) is 0 Å². The summed E-state index contributed by atoms with van der Waals surface area (Å²) in [6, 6.07) is 10.8. The minimum Gasteiger partial charge on any atom is -0.504 e. The lowest BCUT2D eigenvalue weighted by molar-refractivity contribution is 0.318. The number of phenols is 1. The molecule has 5 nitrogen and oxygen atoms in total. The maximum absolute atomic E-state index is 10.2. The van der Waals surface area contributed by atoms with E-state index in [0.717, 1.165) is 5.75 Å². The lowest BCUT2D eigenvalue weighted by Gasteiger charge is -2.10. The molecule has 1 N–H and O–H groups in total. The van der Waals surface area contributed by atoms with Gasteiger partial charge in [-0.25, -0.2) is 0 Å². The molecule has 0 atom stereocenters. The summed E-state index contributed by atoms with van der Waals surface area (Å²) in [6.45, 7) is 7.32. The monoisotopic (exact) mass is 329 g/mol. The van der Waals surface area contributed by atoms with Crippen LogP contribution in [0.1, 0.15) is 26.3 Å². The summed E-state index contributed by atoms with van der Waals surface area (Å²) in [7, 11) is 0. The van der Waals surface area contributed by atoms with Gasteiger partial charge in [0.15, 0.2) is 11.5 Å². The molecule has 0 amide bonds. The van der Waals surface area contributed by atoms with E-state index in [0.29, 0.717) is 42.6 Å². The molecule has 0 aromatic heterocycles. The van der Waals surface area contributed by atoms with Crippen LogP contribution in [0.4, 0.5) is 5.69 Å². The van der Waals surface area contributed by atoms with E-state index in [-0.39, 0.29) is 5.75 Å². The van der Waals surface area contributed by atoms with Crippen molar-refractivity contribution in [3.8, 4) is 23.0 Å². The second-order valence-electron chi connectivity index (χ2n) is 4.88. The van der Waals surface area contributed by atoms with Crippen molar-refractivity contribution in [3.05, 3.63) is 42.0 Å². The van der Waals surface area contributed by atoms with Crippen LogP contribution in [0, 0.1) is 0 Å². The van der Waals surface area contributed by atoms with Crippen LogP contribution in [0.15, 0.2) is 41.4 Å². The number of hydrogen-bond donors (Lipinski definition) is 1. The highest BCUT2D eigenvalue weighted by molar-refractivity contribution is 5.87. The topological polar surface area (TPSA) is 60.3 Å². The molecule has 2 aromatic carbocycles. The number of rotatable bonds is 8. The number of para-hydroxylation sites is 1. The number of aliphatic imine (C=N–C) groups is 1. The molecule has 0 fully saturated rings. The van der Waals surface area contributed by atoms with Crippen molar-refractivity contribution < 1.29 is 19.3 Å². The van der Waals surface area contributed by atoms with Crippen LogP contribution < -0.4 is 14.2 Å². The summed E-state index contributed by atoms with van der Waals surface area (Å²) in [5, 5.41) is 10.2. The van der Waals surface area contributed by atoms with Gasteiger partial charge in [0.2, 0.25) is 0 Å². The van der Waals surface area contributed by atoms with Gasteiger partial charge >= 0.3 is 0 Å². The van der Waals surface area contributed by atoms with Gasteiger partial charge in [0.25, 0.3) is 0 Å². The standard InChI is InChI=1S/C19H23NO4/c1-4-22-15-10-11-17(23-5-2)16(12-15)20-13-14-8-7-9-18(19(14)21)24-6-3/h7-13,21H,4-6H2,1-3H3. The minimum atomic E-state index is 0.0713. The fourth-order valence-electron chi connectivity index (χ4n) is 2.19. The summed E-state index contributed by atoms with van der Waals surface area (Å²) in [5.74, 6) is 1.90. The highest BCUT2D eigenvalue weighted by atomic mass is 16.5. The molecular weight excluding hydrogens is 306 g/mol. The maximum Gasteiger partial charge on any atom is 0.166 e. The molecule has 0 spiro atoms. The van der Waals surface area contributed by atoms with E-state index in [9.17, 15) is 5.11 Å². The van der Waals surface area contributed by atoms with Gasteiger partial charge in [0.05, 0.1) is 19.8 Å². The van der Waals surface area contributed by atoms with Crippen molar-refractivity contribution >= 4 is 11.9 Å². The van der Waals surface area contributed by atoms with Gasteiger partial charge in [-0.2, -0.15) is 0 Å². The predicted molar refractivity (Wildman–Crippen MR) is 95.3 cm³/mol. The highest BCUT2D eigenvalue weighted by Crippen LogP contribution is 2.33. The molecule has 2 aromatic rings. The Morgan fingerprint density at radius 3 is 2.33 bits per heavy atom. The molecule has 24 heavy (non-hydrogen) atoms. The van der Waals surface area contributed by atoms with Crippen LogP contribution in [0.25, 0.3) is 0 Å². The van der Waals surface area contributed by atoms with Gasteiger partial charge in [-0.3, -0.25) is 4.99 Å². The fraction of sp³-hybridized carbons (Fsp3) is 0.316. The van der Waals surface area contributed by atoms with Crippen LogP contribution in [0.3, 0.4) is 0 Å². The highest BCUT2D eigenvalue weighted by Gasteiger charge is 2.08. The normalized spacial score (nSPS) is 10.8. The molecule has 128 valence electrons. The molecule has 0 radical (unpaired) electrons. The van der Waals surface area contributed by atoms with Crippen LogP contribution >= 0.6 is 0 Å². The predicted octanol–water partition coefficient (Wildman–Crippen LogP) is 4.34. The summed E-state index contributed by atoms with van der Waals surface area (Å²) in [4.78, 5) is 4.45. The Hall–Kier alpha value is -2.69. The second kappa shape index (κ2) is 8.82. The number of phenolic OH excluding ortho intramolecular Hbond substituents is 1. The summed E-state index contributed by atoms with van der Waals surface area (Å²) in [5.41, 5.74) is 1.22. The van der Waals surface area contributed by atoms with E-state index >= 15 is 0 Å². The van der Waals surface area contributed by atoms with E-state index < -0.39 is 0 Å². The molecule has 0 aliphatic heterocycles. The van der Waals surface area contributed by atoms with Crippen molar-refractivity contribution in [1.82, 2.24) is 0 Å². The molecule has 0 aliphatic carbocycles. The van der Waals surface area contributed by atoms with Crippen molar-refractivity contribution in [2.24, 2.45) is 4.99 Å². The van der Waals surface area contributed by atoms with Crippen molar-refractivity contribution in [2.45, 2.75) is 20.8 Å². The van der Waals surface area contributed by atoms with Gasteiger partial charge in [0, 0.05) is 17.8 Å². The Balaban J connectivity index is 2.33. The smallest absolute Gasteiger partial charge is 0.166 e. The molecule has 0 bridgehead atoms. The van der Waals surface area contributed by atoms with Gasteiger partial charge in [-0.1, -0.05) is 6.07 Å². The van der Waals surface area contributed by atoms with E-state index in [1.165, 1.54) is 0 Å². The number of ether oxygens (including phenoxy) is 3. The van der Waals surface area contributed by atoms with E-state index in [2.05, 4.69) is 4.99 Å². The number of benzene rings is 2. The van der Waals surface area contributed by atoms with E-state index in [1.807, 2.05) is 45.0 Å². The average Bonchev–Trinajstić information content (AvgIpc) is 2.58. The van der Waals surface area contributed by atoms with E-state index in [1.54, 1.807) is 18.3 Å². The maximum atomic E-state index is 10.2. The molecular formula is C19H23NO4. The number of nitrogens with zero attached hydrogens (tertiary/aromatic N) is 1. The van der Waals surface area contributed by atoms with Crippen molar-refractivity contribution in [3.63, 3.8) is 0 Å². The number of hydrogen-bond acceptors (Lipinski definition) is 5. The number of aromatic hydroxyl groups is 1. The Labute approximate surface area is 142 Å². The molecule has 0 saturated carbocycles. The Morgan fingerprint density at radius 1 is 0.917 bits per heavy atom. The van der Waals surface area contributed by atoms with Gasteiger partial charge in [-0.05, 0) is 45.0 Å². The first-order valence-corrected chi connectivity index (χ1v) is 8.08. The third-order valence-corrected chi connectivity index (χ3v) is 3.21. The Kier molecular flexibility index (Phi) is 6.49. The summed E-state index contributed by atoms with van der Waals surface area (Å²) in [6.07, 6.45) is 1.59. The molecule has 5 heteroatoms. The zero-order chi connectivity index (χ0) is 17.4. The summed E-state index contributed by atoms with van der Waals surface area (Å²) >= 11 is 0. The minimum absolute atomic E-state index is 0.0713. The first-order chi connectivity index (χ1) is 11.7. The molecule has 0 unspecified atom stereocenters. The van der Waals surface area contributed by atoms with Gasteiger partial charge in [0.1, 0.15) is 17.2 Å². The molecule has 0 aliphatic rings. The zero-order valence-electron chi connectivity index (χ0n) is 14.3. The quantitative estimate of drug-likeness (QED) is 0.732. The van der Waals surface area contributed by atoms with Crippen LogP contribution in [-0.4, -0.2) is 31.1 Å². The second-order valence-corrected chi connectivity index (χ2v) is 4.88. The lowest BCUT2D eigenvalue weighted by Crippen LogP contribution is -1.95. The lowest BCUT2D eigenvalue weighted by atomic mass is 10.2. The first kappa shape index (κ1) is 17.7. The fourth-order valence-corrected chi connectivity index (χ4v) is 2.19. The largest absolute Gasteiger partial charge is 0.504 e. The summed E-state index contributed by atoms with van der Waals surface area (Å²) < 4.78 is 16.5. The Morgan fingerprint density at radius 2 is 1.62 bits per heavy atom. The average molecular weight is 329 g/mol. The van der Waals surface area contributed by atoms with Gasteiger partial charge < -0.3 is 19.3 Å². The Bertz CT molecular complexity index is 698. The molecule has 2 rings (SSSR count). The van der Waals surface area contributed by atoms with Crippen molar-refractivity contribution in [1.29, 1.82) is 0 Å².